The van der Waals surface area contributed by atoms with Gasteiger partial charge in [0.05, 0.1) is 12.6 Å². The lowest BCUT2D eigenvalue weighted by Gasteiger charge is -2.45. The lowest BCUT2D eigenvalue weighted by atomic mass is 9.79. The van der Waals surface area contributed by atoms with Crippen molar-refractivity contribution in [2.75, 3.05) is 30.5 Å². The molecular formula is C24H31N5O3. The van der Waals surface area contributed by atoms with E-state index in [9.17, 15) is 9.59 Å². The Labute approximate surface area is 188 Å². The Bertz CT molecular complexity index is 1010. The molecule has 2 aliphatic rings. The Morgan fingerprint density at radius 2 is 2.03 bits per heavy atom. The van der Waals surface area contributed by atoms with Gasteiger partial charge in [0.25, 0.3) is 5.91 Å². The van der Waals surface area contributed by atoms with E-state index >= 15 is 0 Å². The second kappa shape index (κ2) is 9.24. The molecule has 0 spiro atoms. The maximum Gasteiger partial charge on any atom is 0.251 e. The van der Waals surface area contributed by atoms with E-state index in [2.05, 4.69) is 27.5 Å². The standard InChI is InChI=1S/C24H31N5O3/c1-14-9-10-26-24(27-14)28-21-15(2)22(17-5-6-17)29(16(3)30)20-8-7-18(13-19(20)21)23(31)25-11-12-32-4/h7-10,13,15,17,21-22H,5-6,11-12H2,1-4H3,(H,25,31)(H,26,27,28)/t15-,21-,22-/m1/s1. The number of hydrogen-bond acceptors (Lipinski definition) is 6. The molecule has 1 aliphatic carbocycles. The third-order valence-corrected chi connectivity index (χ3v) is 6.36. The molecule has 2 amide bonds. The quantitative estimate of drug-likeness (QED) is 0.646. The molecule has 1 aromatic heterocycles. The van der Waals surface area contributed by atoms with Gasteiger partial charge in [-0.15, -0.1) is 0 Å². The average molecular weight is 438 g/mol. The molecule has 0 saturated heterocycles. The maximum absolute atomic E-state index is 12.7. The zero-order chi connectivity index (χ0) is 22.8. The molecule has 0 bridgehead atoms. The van der Waals surface area contributed by atoms with Gasteiger partial charge in [0.1, 0.15) is 0 Å². The van der Waals surface area contributed by atoms with Crippen molar-refractivity contribution in [1.82, 2.24) is 15.3 Å². The monoisotopic (exact) mass is 437 g/mol. The van der Waals surface area contributed by atoms with Crippen LogP contribution < -0.4 is 15.5 Å². The molecule has 2 heterocycles. The maximum atomic E-state index is 12.7. The van der Waals surface area contributed by atoms with Crippen molar-refractivity contribution in [2.24, 2.45) is 11.8 Å². The van der Waals surface area contributed by atoms with Crippen LogP contribution in [0, 0.1) is 18.8 Å². The number of hydrogen-bond donors (Lipinski definition) is 2. The Kier molecular flexibility index (Phi) is 6.41. The van der Waals surface area contributed by atoms with E-state index in [1.54, 1.807) is 26.3 Å². The molecule has 1 saturated carbocycles. The molecule has 0 radical (unpaired) electrons. The van der Waals surface area contributed by atoms with Gasteiger partial charge in [-0.3, -0.25) is 9.59 Å². The summed E-state index contributed by atoms with van der Waals surface area (Å²) in [4.78, 5) is 36.3. The lowest BCUT2D eigenvalue weighted by molar-refractivity contribution is -0.117. The minimum atomic E-state index is -0.165. The Morgan fingerprint density at radius 1 is 1.25 bits per heavy atom. The minimum absolute atomic E-state index is 0.0255. The molecule has 1 aliphatic heterocycles. The molecule has 1 fully saturated rings. The molecule has 32 heavy (non-hydrogen) atoms. The van der Waals surface area contributed by atoms with E-state index in [1.807, 2.05) is 30.0 Å². The van der Waals surface area contributed by atoms with Crippen molar-refractivity contribution in [3.63, 3.8) is 0 Å². The fourth-order valence-electron chi connectivity index (χ4n) is 4.73. The number of ether oxygens (including phenoxy) is 1. The predicted molar refractivity (Wildman–Crippen MR) is 123 cm³/mol. The summed E-state index contributed by atoms with van der Waals surface area (Å²) in [7, 11) is 1.60. The number of aryl methyl sites for hydroxylation is 1. The highest BCUT2D eigenvalue weighted by Gasteiger charge is 2.47. The number of amides is 2. The topological polar surface area (TPSA) is 96.4 Å². The Hall–Kier alpha value is -3.00. The van der Waals surface area contributed by atoms with Crippen LogP contribution in [0.15, 0.2) is 30.5 Å². The number of methoxy groups -OCH3 is 1. The van der Waals surface area contributed by atoms with Crippen molar-refractivity contribution >= 4 is 23.5 Å². The molecule has 3 atom stereocenters. The van der Waals surface area contributed by atoms with Gasteiger partial charge >= 0.3 is 0 Å². The molecule has 8 nitrogen and oxygen atoms in total. The summed E-state index contributed by atoms with van der Waals surface area (Å²) in [5, 5.41) is 6.38. The number of carbonyl (C=O) groups excluding carboxylic acids is 2. The summed E-state index contributed by atoms with van der Waals surface area (Å²) in [6, 6.07) is 7.41. The Morgan fingerprint density at radius 3 is 2.69 bits per heavy atom. The number of benzene rings is 1. The van der Waals surface area contributed by atoms with Gasteiger partial charge in [-0.1, -0.05) is 6.92 Å². The van der Waals surface area contributed by atoms with E-state index in [-0.39, 0.29) is 29.8 Å². The van der Waals surface area contributed by atoms with E-state index in [1.165, 1.54) is 0 Å². The van der Waals surface area contributed by atoms with Gasteiger partial charge in [-0.25, -0.2) is 9.97 Å². The molecule has 0 unspecified atom stereocenters. The van der Waals surface area contributed by atoms with Crippen LogP contribution in [0.1, 0.15) is 54.3 Å². The van der Waals surface area contributed by atoms with Crippen molar-refractivity contribution in [2.45, 2.75) is 45.7 Å². The zero-order valence-electron chi connectivity index (χ0n) is 19.1. The van der Waals surface area contributed by atoms with Gasteiger partial charge in [-0.2, -0.15) is 0 Å². The van der Waals surface area contributed by atoms with Crippen LogP contribution in [-0.4, -0.2) is 48.1 Å². The molecule has 8 heteroatoms. The first-order valence-electron chi connectivity index (χ1n) is 11.2. The SMILES string of the molecule is COCCNC(=O)c1ccc2c(c1)[C@H](Nc1nccc(C)n1)[C@@H](C)[C@H](C1CC1)N2C(C)=O. The van der Waals surface area contributed by atoms with Crippen LogP contribution in [0.25, 0.3) is 0 Å². The number of aromatic nitrogens is 2. The van der Waals surface area contributed by atoms with Crippen LogP contribution in [0.4, 0.5) is 11.6 Å². The first kappa shape index (κ1) is 22.2. The number of anilines is 2. The second-order valence-electron chi connectivity index (χ2n) is 8.74. The summed E-state index contributed by atoms with van der Waals surface area (Å²) in [5.74, 6) is 1.02. The summed E-state index contributed by atoms with van der Waals surface area (Å²) < 4.78 is 5.02. The van der Waals surface area contributed by atoms with E-state index in [4.69, 9.17) is 4.74 Å². The lowest BCUT2D eigenvalue weighted by Crippen LogP contribution is -2.51. The van der Waals surface area contributed by atoms with Crippen LogP contribution >= 0.6 is 0 Å². The minimum Gasteiger partial charge on any atom is -0.383 e. The fourth-order valence-corrected chi connectivity index (χ4v) is 4.73. The van der Waals surface area contributed by atoms with Crippen LogP contribution in [0.5, 0.6) is 0 Å². The summed E-state index contributed by atoms with van der Waals surface area (Å²) in [5.41, 5.74) is 3.19. The largest absolute Gasteiger partial charge is 0.383 e. The number of nitrogens with one attached hydrogen (secondary N) is 2. The van der Waals surface area contributed by atoms with Crippen molar-refractivity contribution < 1.29 is 14.3 Å². The van der Waals surface area contributed by atoms with Crippen molar-refractivity contribution in [1.29, 1.82) is 0 Å². The third-order valence-electron chi connectivity index (χ3n) is 6.36. The van der Waals surface area contributed by atoms with Gasteiger partial charge in [-0.05, 0) is 55.5 Å². The van der Waals surface area contributed by atoms with E-state index in [0.29, 0.717) is 30.6 Å². The zero-order valence-corrected chi connectivity index (χ0v) is 19.1. The molecular weight excluding hydrogens is 406 g/mol. The summed E-state index contributed by atoms with van der Waals surface area (Å²) in [6.45, 7) is 6.60. The normalized spacial score (nSPS) is 22.2. The average Bonchev–Trinajstić information content (AvgIpc) is 3.60. The van der Waals surface area contributed by atoms with Crippen LogP contribution in [0.2, 0.25) is 0 Å². The molecule has 2 aromatic rings. The number of nitrogens with zero attached hydrogens (tertiary/aromatic N) is 3. The number of carbonyl (C=O) groups is 2. The van der Waals surface area contributed by atoms with Gasteiger partial charge < -0.3 is 20.3 Å². The van der Waals surface area contributed by atoms with Crippen molar-refractivity contribution in [3.05, 3.63) is 47.3 Å². The smallest absolute Gasteiger partial charge is 0.251 e. The van der Waals surface area contributed by atoms with Crippen molar-refractivity contribution in [3.8, 4) is 0 Å². The van der Waals surface area contributed by atoms with E-state index < -0.39 is 0 Å². The molecule has 170 valence electrons. The molecule has 4 rings (SSSR count). The second-order valence-corrected chi connectivity index (χ2v) is 8.74. The van der Waals surface area contributed by atoms with Crippen LogP contribution in [0.3, 0.4) is 0 Å². The molecule has 1 aromatic carbocycles. The van der Waals surface area contributed by atoms with E-state index in [0.717, 1.165) is 29.8 Å². The number of rotatable bonds is 7. The van der Waals surface area contributed by atoms with Crippen LogP contribution in [-0.2, 0) is 9.53 Å². The Balaban J connectivity index is 1.74. The predicted octanol–water partition coefficient (Wildman–Crippen LogP) is 3.10. The number of fused-ring (bicyclic) bond motifs is 1. The first-order chi connectivity index (χ1) is 15.4. The van der Waals surface area contributed by atoms with Gasteiger partial charge in [0, 0.05) is 55.7 Å². The summed E-state index contributed by atoms with van der Waals surface area (Å²) >= 11 is 0. The highest BCUT2D eigenvalue weighted by Crippen LogP contribution is 2.50. The van der Waals surface area contributed by atoms with Gasteiger partial charge in [0.2, 0.25) is 11.9 Å². The molecule has 2 N–H and O–H groups in total. The van der Waals surface area contributed by atoms with Gasteiger partial charge in [0.15, 0.2) is 0 Å². The highest BCUT2D eigenvalue weighted by molar-refractivity contribution is 5.98. The highest BCUT2D eigenvalue weighted by atomic mass is 16.5. The summed E-state index contributed by atoms with van der Waals surface area (Å²) in [6.07, 6.45) is 3.99. The first-order valence-corrected chi connectivity index (χ1v) is 11.2. The fraction of sp³-hybridized carbons (Fsp3) is 0.500. The third kappa shape index (κ3) is 4.46.